The molecule has 0 aromatic heterocycles. The SMILES string of the molecule is N=C1CCCCN1CCCc1ccccc1. The van der Waals surface area contributed by atoms with Crippen molar-refractivity contribution in [1.82, 2.24) is 4.90 Å². The predicted octanol–water partition coefficient (Wildman–Crippen LogP) is 3.08. The van der Waals surface area contributed by atoms with Gasteiger partial charge in [0, 0.05) is 19.5 Å². The molecule has 2 rings (SSSR count). The van der Waals surface area contributed by atoms with Gasteiger partial charge in [-0.25, -0.2) is 0 Å². The minimum Gasteiger partial charge on any atom is -0.361 e. The molecule has 2 nitrogen and oxygen atoms in total. The van der Waals surface area contributed by atoms with Crippen LogP contribution in [-0.4, -0.2) is 23.8 Å². The number of benzene rings is 1. The molecule has 0 radical (unpaired) electrons. The highest BCUT2D eigenvalue weighted by Gasteiger charge is 2.13. The van der Waals surface area contributed by atoms with E-state index in [1.807, 2.05) is 0 Å². The molecule has 0 amide bonds. The highest BCUT2D eigenvalue weighted by molar-refractivity contribution is 5.79. The zero-order valence-electron chi connectivity index (χ0n) is 9.78. The average molecular weight is 216 g/mol. The fraction of sp³-hybridized carbons (Fsp3) is 0.500. The Morgan fingerprint density at radius 2 is 1.94 bits per heavy atom. The van der Waals surface area contributed by atoms with Crippen LogP contribution in [0.5, 0.6) is 0 Å². The van der Waals surface area contributed by atoms with E-state index in [2.05, 4.69) is 35.2 Å². The number of hydrogen-bond donors (Lipinski definition) is 1. The first kappa shape index (κ1) is 11.2. The summed E-state index contributed by atoms with van der Waals surface area (Å²) in [4.78, 5) is 2.24. The predicted molar refractivity (Wildman–Crippen MR) is 67.9 cm³/mol. The molecule has 0 aliphatic carbocycles. The molecule has 1 aromatic rings. The van der Waals surface area contributed by atoms with E-state index < -0.39 is 0 Å². The van der Waals surface area contributed by atoms with Gasteiger partial charge < -0.3 is 4.90 Å². The van der Waals surface area contributed by atoms with E-state index in [9.17, 15) is 0 Å². The normalized spacial score (nSPS) is 16.5. The first-order chi connectivity index (χ1) is 7.86. The molecule has 1 N–H and O–H groups in total. The van der Waals surface area contributed by atoms with E-state index >= 15 is 0 Å². The Labute approximate surface area is 97.8 Å². The molecule has 0 bridgehead atoms. The van der Waals surface area contributed by atoms with Crippen LogP contribution < -0.4 is 0 Å². The molecule has 0 unspecified atom stereocenters. The molecular weight excluding hydrogens is 196 g/mol. The van der Waals surface area contributed by atoms with Gasteiger partial charge in [-0.2, -0.15) is 0 Å². The summed E-state index contributed by atoms with van der Waals surface area (Å²) in [7, 11) is 0. The second kappa shape index (κ2) is 5.69. The van der Waals surface area contributed by atoms with Crippen molar-refractivity contribution in [3.05, 3.63) is 35.9 Å². The van der Waals surface area contributed by atoms with Gasteiger partial charge in [0.25, 0.3) is 0 Å². The fourth-order valence-electron chi connectivity index (χ4n) is 2.25. The number of nitrogens with one attached hydrogen (secondary N) is 1. The second-order valence-electron chi connectivity index (χ2n) is 4.48. The molecule has 1 heterocycles. The Kier molecular flexibility index (Phi) is 3.97. The summed E-state index contributed by atoms with van der Waals surface area (Å²) in [5.74, 6) is 0.847. The van der Waals surface area contributed by atoms with Crippen LogP contribution >= 0.6 is 0 Å². The molecule has 0 spiro atoms. The van der Waals surface area contributed by atoms with Gasteiger partial charge >= 0.3 is 0 Å². The van der Waals surface area contributed by atoms with Crippen molar-refractivity contribution < 1.29 is 0 Å². The maximum atomic E-state index is 7.85. The molecule has 1 saturated heterocycles. The molecule has 16 heavy (non-hydrogen) atoms. The molecule has 1 aromatic carbocycles. The van der Waals surface area contributed by atoms with E-state index in [1.54, 1.807) is 0 Å². The Bertz CT molecular complexity index is 332. The second-order valence-corrected chi connectivity index (χ2v) is 4.48. The van der Waals surface area contributed by atoms with E-state index in [-0.39, 0.29) is 0 Å². The third-order valence-electron chi connectivity index (χ3n) is 3.21. The smallest absolute Gasteiger partial charge is 0.0957 e. The number of hydrogen-bond acceptors (Lipinski definition) is 1. The Hall–Kier alpha value is -1.31. The van der Waals surface area contributed by atoms with Crippen molar-refractivity contribution in [3.8, 4) is 0 Å². The van der Waals surface area contributed by atoms with Gasteiger partial charge in [-0.15, -0.1) is 0 Å². The van der Waals surface area contributed by atoms with Crippen molar-refractivity contribution in [2.24, 2.45) is 0 Å². The van der Waals surface area contributed by atoms with Crippen molar-refractivity contribution in [1.29, 1.82) is 5.41 Å². The van der Waals surface area contributed by atoms with Gasteiger partial charge in [0.05, 0.1) is 5.84 Å². The Balaban J connectivity index is 1.73. The van der Waals surface area contributed by atoms with Gasteiger partial charge in [-0.05, 0) is 31.2 Å². The minimum absolute atomic E-state index is 0.847. The zero-order valence-corrected chi connectivity index (χ0v) is 9.78. The minimum atomic E-state index is 0.847. The Morgan fingerprint density at radius 1 is 1.12 bits per heavy atom. The van der Waals surface area contributed by atoms with Crippen LogP contribution in [0.15, 0.2) is 30.3 Å². The topological polar surface area (TPSA) is 27.1 Å². The molecule has 1 aliphatic heterocycles. The fourth-order valence-corrected chi connectivity index (χ4v) is 2.25. The molecule has 0 saturated carbocycles. The van der Waals surface area contributed by atoms with Crippen molar-refractivity contribution in [2.45, 2.75) is 32.1 Å². The molecule has 1 aliphatic rings. The molecule has 1 fully saturated rings. The van der Waals surface area contributed by atoms with E-state index in [0.29, 0.717) is 0 Å². The highest BCUT2D eigenvalue weighted by Crippen LogP contribution is 2.12. The summed E-state index contributed by atoms with van der Waals surface area (Å²) in [5, 5.41) is 7.85. The standard InChI is InChI=1S/C14H20N2/c15-14-10-4-5-11-16(14)12-6-9-13-7-2-1-3-8-13/h1-3,7-8,15H,4-6,9-12H2. The summed E-state index contributed by atoms with van der Waals surface area (Å²) < 4.78 is 0. The highest BCUT2D eigenvalue weighted by atomic mass is 15.2. The summed E-state index contributed by atoms with van der Waals surface area (Å²) in [6.07, 6.45) is 5.73. The third-order valence-corrected chi connectivity index (χ3v) is 3.21. The van der Waals surface area contributed by atoms with Crippen molar-refractivity contribution in [2.75, 3.05) is 13.1 Å². The molecule has 2 heteroatoms. The lowest BCUT2D eigenvalue weighted by atomic mass is 10.1. The van der Waals surface area contributed by atoms with Gasteiger partial charge in [0.15, 0.2) is 0 Å². The molecule has 0 atom stereocenters. The first-order valence-corrected chi connectivity index (χ1v) is 6.22. The summed E-state index contributed by atoms with van der Waals surface area (Å²) in [6, 6.07) is 10.6. The van der Waals surface area contributed by atoms with Crippen molar-refractivity contribution >= 4 is 5.84 Å². The number of aryl methyl sites for hydroxylation is 1. The van der Waals surface area contributed by atoms with Crippen LogP contribution in [0.3, 0.4) is 0 Å². The average Bonchev–Trinajstić information content (AvgIpc) is 2.33. The number of amidine groups is 1. The summed E-state index contributed by atoms with van der Waals surface area (Å²) >= 11 is 0. The van der Waals surface area contributed by atoms with Crippen LogP contribution in [0.2, 0.25) is 0 Å². The lowest BCUT2D eigenvalue weighted by Gasteiger charge is -2.29. The van der Waals surface area contributed by atoms with E-state index in [4.69, 9.17) is 5.41 Å². The Morgan fingerprint density at radius 3 is 2.69 bits per heavy atom. The van der Waals surface area contributed by atoms with Gasteiger partial charge in [-0.3, -0.25) is 5.41 Å². The van der Waals surface area contributed by atoms with E-state index in [0.717, 1.165) is 38.2 Å². The number of piperidine rings is 1. The maximum absolute atomic E-state index is 7.85. The van der Waals surface area contributed by atoms with Gasteiger partial charge in [0.2, 0.25) is 0 Å². The van der Waals surface area contributed by atoms with Crippen molar-refractivity contribution in [3.63, 3.8) is 0 Å². The summed E-state index contributed by atoms with van der Waals surface area (Å²) in [6.45, 7) is 2.14. The van der Waals surface area contributed by atoms with Crippen LogP contribution in [0, 0.1) is 5.41 Å². The third kappa shape index (κ3) is 3.09. The van der Waals surface area contributed by atoms with Crippen LogP contribution in [-0.2, 0) is 6.42 Å². The first-order valence-electron chi connectivity index (χ1n) is 6.22. The van der Waals surface area contributed by atoms with Gasteiger partial charge in [-0.1, -0.05) is 30.3 Å². The van der Waals surface area contributed by atoms with Crippen LogP contribution in [0.1, 0.15) is 31.2 Å². The molecule has 86 valence electrons. The van der Waals surface area contributed by atoms with Gasteiger partial charge in [0.1, 0.15) is 0 Å². The lowest BCUT2D eigenvalue weighted by molar-refractivity contribution is 0.362. The van der Waals surface area contributed by atoms with Crippen LogP contribution in [0.25, 0.3) is 0 Å². The number of nitrogens with zero attached hydrogens (tertiary/aromatic N) is 1. The number of rotatable bonds is 4. The number of likely N-dealkylation sites (tertiary alicyclic amines) is 1. The summed E-state index contributed by atoms with van der Waals surface area (Å²) in [5.41, 5.74) is 1.41. The maximum Gasteiger partial charge on any atom is 0.0957 e. The lowest BCUT2D eigenvalue weighted by Crippen LogP contribution is -2.35. The van der Waals surface area contributed by atoms with E-state index in [1.165, 1.54) is 18.4 Å². The largest absolute Gasteiger partial charge is 0.361 e. The quantitative estimate of drug-likeness (QED) is 0.822. The van der Waals surface area contributed by atoms with Crippen LogP contribution in [0.4, 0.5) is 0 Å². The molecular formula is C14H20N2. The monoisotopic (exact) mass is 216 g/mol. The zero-order chi connectivity index (χ0) is 11.2.